The van der Waals surface area contributed by atoms with Crippen molar-refractivity contribution in [2.45, 2.75) is 6.92 Å². The Morgan fingerprint density at radius 1 is 1.28 bits per heavy atom. The lowest BCUT2D eigenvalue weighted by Gasteiger charge is -2.08. The summed E-state index contributed by atoms with van der Waals surface area (Å²) in [6.07, 6.45) is 2.93. The van der Waals surface area contributed by atoms with Crippen molar-refractivity contribution in [2.24, 2.45) is 5.73 Å². The van der Waals surface area contributed by atoms with Gasteiger partial charge in [-0.15, -0.1) is 0 Å². The number of rotatable bonds is 3. The SMILES string of the molecule is Cc1ccc(Oc2ncc(N)cc2C(N)=O)cn1. The van der Waals surface area contributed by atoms with Crippen molar-refractivity contribution in [1.82, 2.24) is 9.97 Å². The van der Waals surface area contributed by atoms with E-state index in [0.717, 1.165) is 5.69 Å². The molecular weight excluding hydrogens is 232 g/mol. The third kappa shape index (κ3) is 2.54. The predicted molar refractivity (Wildman–Crippen MR) is 66.2 cm³/mol. The van der Waals surface area contributed by atoms with Crippen LogP contribution in [0.3, 0.4) is 0 Å². The fourth-order valence-corrected chi connectivity index (χ4v) is 1.35. The normalized spacial score (nSPS) is 10.1. The molecule has 2 aromatic heterocycles. The molecule has 2 heterocycles. The largest absolute Gasteiger partial charge is 0.437 e. The monoisotopic (exact) mass is 244 g/mol. The average molecular weight is 244 g/mol. The summed E-state index contributed by atoms with van der Waals surface area (Å²) in [4.78, 5) is 19.3. The van der Waals surface area contributed by atoms with E-state index in [1.807, 2.05) is 6.92 Å². The number of anilines is 1. The molecule has 92 valence electrons. The highest BCUT2D eigenvalue weighted by molar-refractivity contribution is 5.95. The number of aromatic nitrogens is 2. The maximum Gasteiger partial charge on any atom is 0.254 e. The molecule has 2 aromatic rings. The second-order valence-corrected chi connectivity index (χ2v) is 3.72. The zero-order valence-corrected chi connectivity index (χ0v) is 9.75. The molecule has 0 aliphatic rings. The number of carbonyl (C=O) groups excluding carboxylic acids is 1. The van der Waals surface area contributed by atoms with Crippen LogP contribution in [0.25, 0.3) is 0 Å². The number of amides is 1. The molecule has 6 heteroatoms. The van der Waals surface area contributed by atoms with Crippen LogP contribution in [0.4, 0.5) is 5.69 Å². The Labute approximate surface area is 104 Å². The smallest absolute Gasteiger partial charge is 0.254 e. The molecule has 0 saturated heterocycles. The molecule has 0 aliphatic carbocycles. The van der Waals surface area contributed by atoms with E-state index in [0.29, 0.717) is 11.4 Å². The summed E-state index contributed by atoms with van der Waals surface area (Å²) in [5.74, 6) is -0.0624. The number of carbonyl (C=O) groups is 1. The fourth-order valence-electron chi connectivity index (χ4n) is 1.35. The van der Waals surface area contributed by atoms with Crippen LogP contribution in [-0.2, 0) is 0 Å². The number of primary amides is 1. The van der Waals surface area contributed by atoms with Gasteiger partial charge in [-0.3, -0.25) is 9.78 Å². The summed E-state index contributed by atoms with van der Waals surface area (Å²) in [6.45, 7) is 1.86. The summed E-state index contributed by atoms with van der Waals surface area (Å²) >= 11 is 0. The van der Waals surface area contributed by atoms with E-state index in [4.69, 9.17) is 16.2 Å². The lowest BCUT2D eigenvalue weighted by atomic mass is 10.2. The van der Waals surface area contributed by atoms with Crippen molar-refractivity contribution in [3.8, 4) is 11.6 Å². The van der Waals surface area contributed by atoms with Gasteiger partial charge in [0.15, 0.2) is 0 Å². The van der Waals surface area contributed by atoms with Crippen LogP contribution in [-0.4, -0.2) is 15.9 Å². The minimum atomic E-state index is -0.648. The molecule has 0 aromatic carbocycles. The maximum absolute atomic E-state index is 11.2. The van der Waals surface area contributed by atoms with Gasteiger partial charge in [0.2, 0.25) is 5.88 Å². The van der Waals surface area contributed by atoms with Crippen LogP contribution in [0.15, 0.2) is 30.6 Å². The average Bonchev–Trinajstić information content (AvgIpc) is 2.34. The first kappa shape index (κ1) is 11.8. The first-order valence-corrected chi connectivity index (χ1v) is 5.22. The van der Waals surface area contributed by atoms with Gasteiger partial charge in [0.1, 0.15) is 11.3 Å². The zero-order valence-electron chi connectivity index (χ0n) is 9.75. The number of ether oxygens (including phenoxy) is 1. The highest BCUT2D eigenvalue weighted by atomic mass is 16.5. The van der Waals surface area contributed by atoms with Gasteiger partial charge in [-0.2, -0.15) is 0 Å². The highest BCUT2D eigenvalue weighted by Gasteiger charge is 2.12. The third-order valence-electron chi connectivity index (χ3n) is 2.24. The maximum atomic E-state index is 11.2. The molecule has 0 spiro atoms. The van der Waals surface area contributed by atoms with Crippen LogP contribution in [0.1, 0.15) is 16.1 Å². The second-order valence-electron chi connectivity index (χ2n) is 3.72. The Balaban J connectivity index is 2.34. The van der Waals surface area contributed by atoms with E-state index in [9.17, 15) is 4.79 Å². The lowest BCUT2D eigenvalue weighted by molar-refractivity contribution is 0.0997. The summed E-state index contributed by atoms with van der Waals surface area (Å²) in [5, 5.41) is 0. The topological polar surface area (TPSA) is 104 Å². The summed E-state index contributed by atoms with van der Waals surface area (Å²) in [7, 11) is 0. The van der Waals surface area contributed by atoms with Crippen LogP contribution < -0.4 is 16.2 Å². The molecule has 4 N–H and O–H groups in total. The van der Waals surface area contributed by atoms with E-state index in [2.05, 4.69) is 9.97 Å². The number of nitrogens with two attached hydrogens (primary N) is 2. The molecule has 0 bridgehead atoms. The number of hydrogen-bond donors (Lipinski definition) is 2. The summed E-state index contributed by atoms with van der Waals surface area (Å²) < 4.78 is 5.45. The first-order chi connectivity index (χ1) is 8.56. The van der Waals surface area contributed by atoms with Gasteiger partial charge in [0.25, 0.3) is 5.91 Å². The molecule has 0 radical (unpaired) electrons. The lowest BCUT2D eigenvalue weighted by Crippen LogP contribution is -2.13. The van der Waals surface area contributed by atoms with Crippen molar-refractivity contribution < 1.29 is 9.53 Å². The van der Waals surface area contributed by atoms with Crippen molar-refractivity contribution in [3.63, 3.8) is 0 Å². The van der Waals surface area contributed by atoms with Crippen LogP contribution in [0.2, 0.25) is 0 Å². The van der Waals surface area contributed by atoms with Gasteiger partial charge < -0.3 is 16.2 Å². The molecule has 6 nitrogen and oxygen atoms in total. The van der Waals surface area contributed by atoms with Crippen LogP contribution >= 0.6 is 0 Å². The van der Waals surface area contributed by atoms with Crippen molar-refractivity contribution in [3.05, 3.63) is 41.9 Å². The summed E-state index contributed by atoms with van der Waals surface area (Å²) in [5.41, 5.74) is 12.1. The number of nitrogen functional groups attached to an aromatic ring is 1. The number of aryl methyl sites for hydroxylation is 1. The van der Waals surface area contributed by atoms with Crippen LogP contribution in [0, 0.1) is 6.92 Å². The van der Waals surface area contributed by atoms with E-state index < -0.39 is 5.91 Å². The minimum absolute atomic E-state index is 0.113. The van der Waals surface area contributed by atoms with Gasteiger partial charge in [-0.05, 0) is 25.1 Å². The Hall–Kier alpha value is -2.63. The Bertz CT molecular complexity index is 581. The quantitative estimate of drug-likeness (QED) is 0.845. The van der Waals surface area contributed by atoms with Gasteiger partial charge >= 0.3 is 0 Å². The van der Waals surface area contributed by atoms with Crippen LogP contribution in [0.5, 0.6) is 11.6 Å². The van der Waals surface area contributed by atoms with E-state index in [1.54, 1.807) is 12.1 Å². The third-order valence-corrected chi connectivity index (χ3v) is 2.24. The van der Waals surface area contributed by atoms with E-state index in [-0.39, 0.29) is 11.4 Å². The minimum Gasteiger partial charge on any atom is -0.437 e. The van der Waals surface area contributed by atoms with Gasteiger partial charge in [-0.1, -0.05) is 0 Å². The number of hydrogen-bond acceptors (Lipinski definition) is 5. The van der Waals surface area contributed by atoms with Gasteiger partial charge in [0, 0.05) is 5.69 Å². The fraction of sp³-hybridized carbons (Fsp3) is 0.0833. The molecular formula is C12H12N4O2. The highest BCUT2D eigenvalue weighted by Crippen LogP contribution is 2.23. The predicted octanol–water partition coefficient (Wildman–Crippen LogP) is 1.26. The number of pyridine rings is 2. The van der Waals surface area contributed by atoms with E-state index in [1.165, 1.54) is 18.5 Å². The molecule has 0 aliphatic heterocycles. The molecule has 0 unspecified atom stereocenters. The Morgan fingerprint density at radius 3 is 2.67 bits per heavy atom. The second kappa shape index (κ2) is 4.70. The zero-order chi connectivity index (χ0) is 13.1. The van der Waals surface area contributed by atoms with Gasteiger partial charge in [0.05, 0.1) is 18.1 Å². The van der Waals surface area contributed by atoms with E-state index >= 15 is 0 Å². The van der Waals surface area contributed by atoms with Gasteiger partial charge in [-0.25, -0.2) is 4.98 Å². The number of nitrogens with zero attached hydrogens (tertiary/aromatic N) is 2. The molecule has 0 fully saturated rings. The summed E-state index contributed by atoms with van der Waals surface area (Å²) in [6, 6.07) is 4.94. The van der Waals surface area contributed by atoms with Crippen molar-refractivity contribution in [1.29, 1.82) is 0 Å². The molecule has 2 rings (SSSR count). The molecule has 1 amide bonds. The molecule has 0 atom stereocenters. The Kier molecular flexibility index (Phi) is 3.09. The molecule has 0 saturated carbocycles. The first-order valence-electron chi connectivity index (χ1n) is 5.22. The molecule has 18 heavy (non-hydrogen) atoms. The van der Waals surface area contributed by atoms with Crippen molar-refractivity contribution >= 4 is 11.6 Å². The Morgan fingerprint density at radius 2 is 2.06 bits per heavy atom. The van der Waals surface area contributed by atoms with Crippen molar-refractivity contribution in [2.75, 3.05) is 5.73 Å². The standard InChI is InChI=1S/C12H12N4O2/c1-7-2-3-9(6-15-7)18-12-10(11(14)17)4-8(13)5-16-12/h2-6H,13H2,1H3,(H2,14,17).